The Bertz CT molecular complexity index is 416. The van der Waals surface area contributed by atoms with Gasteiger partial charge in [0.1, 0.15) is 12.4 Å². The van der Waals surface area contributed by atoms with Gasteiger partial charge in [-0.1, -0.05) is 50.3 Å². The van der Waals surface area contributed by atoms with Crippen molar-refractivity contribution in [2.24, 2.45) is 5.92 Å². The Hall–Kier alpha value is -1.06. The maximum absolute atomic E-state index is 5.79. The number of hydrogen-bond acceptors (Lipinski definition) is 3. The Kier molecular flexibility index (Phi) is 7.75. The topological polar surface area (TPSA) is 30.5 Å². The van der Waals surface area contributed by atoms with Crippen LogP contribution in [0.3, 0.4) is 0 Å². The number of para-hydroxylation sites is 1. The van der Waals surface area contributed by atoms with E-state index >= 15 is 0 Å². The Morgan fingerprint density at radius 1 is 1.14 bits per heavy atom. The summed E-state index contributed by atoms with van der Waals surface area (Å²) >= 11 is 0. The van der Waals surface area contributed by atoms with Gasteiger partial charge in [0.25, 0.3) is 0 Å². The average molecular weight is 305 g/mol. The van der Waals surface area contributed by atoms with Gasteiger partial charge < -0.3 is 14.8 Å². The molecule has 2 rings (SSSR count). The number of methoxy groups -OCH3 is 1. The summed E-state index contributed by atoms with van der Waals surface area (Å²) < 4.78 is 10.8. The molecule has 1 atom stereocenters. The standard InChI is InChI=1S/C19H31NO2/c1-16(14-17-8-4-3-5-9-17)20-15-18-10-6-7-11-19(18)22-13-12-21-2/h6-7,10-11,16-17,20H,3-5,8-9,12-15H2,1-2H3. The van der Waals surface area contributed by atoms with Crippen molar-refractivity contribution in [3.05, 3.63) is 29.8 Å². The van der Waals surface area contributed by atoms with E-state index in [4.69, 9.17) is 9.47 Å². The van der Waals surface area contributed by atoms with E-state index in [0.29, 0.717) is 19.3 Å². The highest BCUT2D eigenvalue weighted by atomic mass is 16.5. The number of benzene rings is 1. The normalized spacial score (nSPS) is 17.4. The van der Waals surface area contributed by atoms with Gasteiger partial charge in [0.2, 0.25) is 0 Å². The number of hydrogen-bond donors (Lipinski definition) is 1. The Balaban J connectivity index is 1.77. The Labute approximate surface area is 135 Å². The van der Waals surface area contributed by atoms with Crippen LogP contribution in [0, 0.1) is 5.92 Å². The molecule has 1 aromatic rings. The summed E-state index contributed by atoms with van der Waals surface area (Å²) in [6.07, 6.45) is 8.42. The fraction of sp³-hybridized carbons (Fsp3) is 0.684. The van der Waals surface area contributed by atoms with Gasteiger partial charge in [-0.2, -0.15) is 0 Å². The third-order valence-corrected chi connectivity index (χ3v) is 4.57. The summed E-state index contributed by atoms with van der Waals surface area (Å²) in [5.74, 6) is 1.89. The molecular formula is C19H31NO2. The molecule has 0 spiro atoms. The molecule has 3 heteroatoms. The predicted molar refractivity (Wildman–Crippen MR) is 91.3 cm³/mol. The molecule has 0 saturated heterocycles. The first kappa shape index (κ1) is 17.3. The quantitative estimate of drug-likeness (QED) is 0.695. The van der Waals surface area contributed by atoms with E-state index in [0.717, 1.165) is 18.2 Å². The molecule has 1 N–H and O–H groups in total. The molecule has 3 nitrogen and oxygen atoms in total. The van der Waals surface area contributed by atoms with E-state index in [2.05, 4.69) is 24.4 Å². The van der Waals surface area contributed by atoms with Crippen LogP contribution >= 0.6 is 0 Å². The minimum atomic E-state index is 0.565. The molecule has 0 aromatic heterocycles. The number of ether oxygens (including phenoxy) is 2. The first-order chi connectivity index (χ1) is 10.8. The van der Waals surface area contributed by atoms with Gasteiger partial charge in [0.15, 0.2) is 0 Å². The summed E-state index contributed by atoms with van der Waals surface area (Å²) in [6.45, 7) is 4.41. The molecule has 22 heavy (non-hydrogen) atoms. The zero-order valence-corrected chi connectivity index (χ0v) is 14.1. The van der Waals surface area contributed by atoms with E-state index < -0.39 is 0 Å². The van der Waals surface area contributed by atoms with Gasteiger partial charge in [-0.3, -0.25) is 0 Å². The zero-order chi connectivity index (χ0) is 15.6. The number of rotatable bonds is 9. The van der Waals surface area contributed by atoms with Crippen molar-refractivity contribution in [3.63, 3.8) is 0 Å². The van der Waals surface area contributed by atoms with E-state index in [1.54, 1.807) is 7.11 Å². The van der Waals surface area contributed by atoms with Crippen LogP contribution in [-0.4, -0.2) is 26.4 Å². The van der Waals surface area contributed by atoms with E-state index in [-0.39, 0.29) is 0 Å². The smallest absolute Gasteiger partial charge is 0.123 e. The van der Waals surface area contributed by atoms with Gasteiger partial charge in [0, 0.05) is 25.3 Å². The second-order valence-corrected chi connectivity index (χ2v) is 6.47. The molecule has 1 unspecified atom stereocenters. The van der Waals surface area contributed by atoms with Crippen molar-refractivity contribution in [3.8, 4) is 5.75 Å². The molecule has 0 amide bonds. The zero-order valence-electron chi connectivity index (χ0n) is 14.1. The maximum Gasteiger partial charge on any atom is 0.123 e. The molecular weight excluding hydrogens is 274 g/mol. The lowest BCUT2D eigenvalue weighted by Crippen LogP contribution is -2.28. The lowest BCUT2D eigenvalue weighted by molar-refractivity contribution is 0.145. The van der Waals surface area contributed by atoms with Crippen molar-refractivity contribution >= 4 is 0 Å². The predicted octanol–water partition coefficient (Wildman–Crippen LogP) is 4.16. The average Bonchev–Trinajstić information content (AvgIpc) is 2.55. The minimum absolute atomic E-state index is 0.565. The van der Waals surface area contributed by atoms with Crippen molar-refractivity contribution in [2.45, 2.75) is 58.0 Å². The summed E-state index contributed by atoms with van der Waals surface area (Å²) in [5.41, 5.74) is 1.23. The lowest BCUT2D eigenvalue weighted by Gasteiger charge is -2.25. The first-order valence-corrected chi connectivity index (χ1v) is 8.72. The molecule has 1 fully saturated rings. The lowest BCUT2D eigenvalue weighted by atomic mass is 9.85. The van der Waals surface area contributed by atoms with Gasteiger partial charge >= 0.3 is 0 Å². The SMILES string of the molecule is COCCOc1ccccc1CNC(C)CC1CCCCC1. The molecule has 0 aliphatic heterocycles. The summed E-state index contributed by atoms with van der Waals surface area (Å²) in [6, 6.07) is 8.85. The second-order valence-electron chi connectivity index (χ2n) is 6.47. The fourth-order valence-corrected chi connectivity index (χ4v) is 3.32. The first-order valence-electron chi connectivity index (χ1n) is 8.72. The maximum atomic E-state index is 5.79. The summed E-state index contributed by atoms with van der Waals surface area (Å²) in [4.78, 5) is 0. The summed E-state index contributed by atoms with van der Waals surface area (Å²) in [7, 11) is 1.70. The van der Waals surface area contributed by atoms with Crippen LogP contribution in [0.5, 0.6) is 5.75 Å². The van der Waals surface area contributed by atoms with Crippen LogP contribution in [-0.2, 0) is 11.3 Å². The van der Waals surface area contributed by atoms with Crippen molar-refractivity contribution in [1.82, 2.24) is 5.32 Å². The molecule has 0 radical (unpaired) electrons. The van der Waals surface area contributed by atoms with Gasteiger partial charge in [0.05, 0.1) is 6.61 Å². The third-order valence-electron chi connectivity index (χ3n) is 4.57. The largest absolute Gasteiger partial charge is 0.491 e. The van der Waals surface area contributed by atoms with E-state index in [1.165, 1.54) is 44.1 Å². The van der Waals surface area contributed by atoms with Crippen LogP contribution in [0.2, 0.25) is 0 Å². The van der Waals surface area contributed by atoms with Crippen molar-refractivity contribution < 1.29 is 9.47 Å². The molecule has 1 aromatic carbocycles. The van der Waals surface area contributed by atoms with Crippen molar-refractivity contribution in [1.29, 1.82) is 0 Å². The molecule has 1 aliphatic carbocycles. The van der Waals surface area contributed by atoms with Crippen LogP contribution in [0.4, 0.5) is 0 Å². The van der Waals surface area contributed by atoms with Crippen LogP contribution in [0.25, 0.3) is 0 Å². The highest BCUT2D eigenvalue weighted by Crippen LogP contribution is 2.27. The highest BCUT2D eigenvalue weighted by Gasteiger charge is 2.16. The monoisotopic (exact) mass is 305 g/mol. The van der Waals surface area contributed by atoms with Crippen LogP contribution < -0.4 is 10.1 Å². The van der Waals surface area contributed by atoms with Gasteiger partial charge in [-0.25, -0.2) is 0 Å². The molecule has 1 aliphatic rings. The van der Waals surface area contributed by atoms with Gasteiger partial charge in [-0.05, 0) is 25.3 Å². The van der Waals surface area contributed by atoms with Crippen LogP contribution in [0.15, 0.2) is 24.3 Å². The van der Waals surface area contributed by atoms with Gasteiger partial charge in [-0.15, -0.1) is 0 Å². The van der Waals surface area contributed by atoms with E-state index in [9.17, 15) is 0 Å². The molecule has 0 bridgehead atoms. The fourth-order valence-electron chi connectivity index (χ4n) is 3.32. The third kappa shape index (κ3) is 5.98. The van der Waals surface area contributed by atoms with Crippen molar-refractivity contribution in [2.75, 3.05) is 20.3 Å². The molecule has 124 valence electrons. The highest BCUT2D eigenvalue weighted by molar-refractivity contribution is 5.33. The van der Waals surface area contributed by atoms with E-state index in [1.807, 2.05) is 12.1 Å². The Morgan fingerprint density at radius 3 is 2.68 bits per heavy atom. The number of nitrogens with one attached hydrogen (secondary N) is 1. The summed E-state index contributed by atoms with van der Waals surface area (Å²) in [5, 5.41) is 3.67. The Morgan fingerprint density at radius 2 is 1.91 bits per heavy atom. The van der Waals surface area contributed by atoms with Crippen LogP contribution in [0.1, 0.15) is 51.0 Å². The second kappa shape index (κ2) is 9.86. The molecule has 0 heterocycles. The minimum Gasteiger partial charge on any atom is -0.491 e. The molecule has 1 saturated carbocycles.